The Kier molecular flexibility index (Phi) is 10.3. The van der Waals surface area contributed by atoms with Gasteiger partial charge in [-0.2, -0.15) is 0 Å². The molecule has 0 saturated carbocycles. The van der Waals surface area contributed by atoms with Crippen molar-refractivity contribution in [2.45, 2.75) is 24.7 Å². The molecule has 8 nitrogen and oxygen atoms in total. The minimum atomic E-state index is -0.473. The quantitative estimate of drug-likeness (QED) is 0.102. The second-order valence-corrected chi connectivity index (χ2v) is 12.5. The molecule has 228 valence electrons. The van der Waals surface area contributed by atoms with Crippen LogP contribution in [0.4, 0.5) is 10.8 Å². The molecule has 5 aromatic rings. The van der Waals surface area contributed by atoms with E-state index in [0.29, 0.717) is 22.3 Å². The zero-order chi connectivity index (χ0) is 31.8. The Bertz CT molecular complexity index is 1850. The number of benzene rings is 4. The molecule has 3 N–H and O–H groups in total. The van der Waals surface area contributed by atoms with Crippen molar-refractivity contribution < 1.29 is 19.1 Å². The number of aromatic nitrogens is 1. The second kappa shape index (κ2) is 14.7. The van der Waals surface area contributed by atoms with E-state index in [1.807, 2.05) is 54.6 Å². The number of carbonyl (C=O) groups excluding carboxylic acids is 3. The smallest absolute Gasteiger partial charge is 0.272 e. The molecule has 0 fully saturated rings. The molecule has 0 radical (unpaired) electrons. The number of nitrogens with one attached hydrogen (secondary N) is 3. The molecule has 0 bridgehead atoms. The lowest BCUT2D eigenvalue weighted by Crippen LogP contribution is -2.30. The van der Waals surface area contributed by atoms with E-state index < -0.39 is 11.8 Å². The summed E-state index contributed by atoms with van der Waals surface area (Å²) in [5.41, 5.74) is 3.81. The molecule has 0 aliphatic rings. The highest BCUT2D eigenvalue weighted by Crippen LogP contribution is 2.30. The van der Waals surface area contributed by atoms with Gasteiger partial charge >= 0.3 is 0 Å². The fourth-order valence-corrected chi connectivity index (χ4v) is 6.00. The predicted octanol–water partition coefficient (Wildman–Crippen LogP) is 7.57. The summed E-state index contributed by atoms with van der Waals surface area (Å²) in [7, 11) is 1.61. The van der Waals surface area contributed by atoms with Crippen LogP contribution in [0.3, 0.4) is 0 Å². The highest BCUT2D eigenvalue weighted by molar-refractivity contribution is 8.00. The van der Waals surface area contributed by atoms with E-state index in [2.05, 4.69) is 34.8 Å². The molecule has 1 heterocycles. The van der Waals surface area contributed by atoms with Crippen LogP contribution >= 0.6 is 23.1 Å². The topological polar surface area (TPSA) is 109 Å². The van der Waals surface area contributed by atoms with Crippen molar-refractivity contribution in [3.8, 4) is 5.75 Å². The maximum absolute atomic E-state index is 13.5. The van der Waals surface area contributed by atoms with Crippen LogP contribution < -0.4 is 20.7 Å². The zero-order valence-corrected chi connectivity index (χ0v) is 26.6. The monoisotopic (exact) mass is 636 g/mol. The average Bonchev–Trinajstić information content (AvgIpc) is 3.45. The van der Waals surface area contributed by atoms with E-state index in [0.717, 1.165) is 26.4 Å². The first-order valence-electron chi connectivity index (χ1n) is 14.2. The van der Waals surface area contributed by atoms with Crippen LogP contribution in [-0.2, 0) is 9.59 Å². The average molecular weight is 637 g/mol. The molecule has 0 aliphatic heterocycles. The van der Waals surface area contributed by atoms with Crippen LogP contribution in [0.2, 0.25) is 0 Å². The first-order valence-corrected chi connectivity index (χ1v) is 16.0. The van der Waals surface area contributed by atoms with Crippen LogP contribution in [0.15, 0.2) is 108 Å². The van der Waals surface area contributed by atoms with Gasteiger partial charge in [-0.15, -0.1) is 11.8 Å². The predicted molar refractivity (Wildman–Crippen MR) is 183 cm³/mol. The summed E-state index contributed by atoms with van der Waals surface area (Å²) in [5.74, 6) is 0.196. The van der Waals surface area contributed by atoms with E-state index in [9.17, 15) is 14.4 Å². The highest BCUT2D eigenvalue weighted by Gasteiger charge is 2.16. The maximum Gasteiger partial charge on any atom is 0.272 e. The summed E-state index contributed by atoms with van der Waals surface area (Å²) in [5, 5.41) is 9.03. The Labute approximate surface area is 269 Å². The molecule has 4 aromatic carbocycles. The van der Waals surface area contributed by atoms with Crippen molar-refractivity contribution in [1.29, 1.82) is 0 Å². The van der Waals surface area contributed by atoms with Gasteiger partial charge in [0.25, 0.3) is 11.8 Å². The van der Waals surface area contributed by atoms with E-state index in [-0.39, 0.29) is 17.4 Å². The summed E-state index contributed by atoms with van der Waals surface area (Å²) >= 11 is 2.71. The maximum atomic E-state index is 13.5. The lowest BCUT2D eigenvalue weighted by molar-refractivity contribution is -0.114. The van der Waals surface area contributed by atoms with E-state index in [1.54, 1.807) is 55.7 Å². The van der Waals surface area contributed by atoms with Gasteiger partial charge in [-0.3, -0.25) is 14.4 Å². The van der Waals surface area contributed by atoms with Crippen molar-refractivity contribution in [2.24, 2.45) is 0 Å². The van der Waals surface area contributed by atoms with Gasteiger partial charge in [0.1, 0.15) is 11.4 Å². The molecular weight excluding hydrogens is 605 g/mol. The summed E-state index contributed by atoms with van der Waals surface area (Å²) in [4.78, 5) is 44.4. The number of amides is 3. The molecule has 0 unspecified atom stereocenters. The molecule has 1 aromatic heterocycles. The van der Waals surface area contributed by atoms with E-state index in [1.165, 1.54) is 28.7 Å². The van der Waals surface area contributed by atoms with Gasteiger partial charge in [-0.25, -0.2) is 4.98 Å². The fraction of sp³-hybridized carbons (Fsp3) is 0.143. The Morgan fingerprint density at radius 1 is 0.911 bits per heavy atom. The normalized spacial score (nSPS) is 11.3. The summed E-state index contributed by atoms with van der Waals surface area (Å²) in [6.45, 7) is 4.23. The van der Waals surface area contributed by atoms with Gasteiger partial charge in [0.05, 0.1) is 23.1 Å². The highest BCUT2D eigenvalue weighted by atomic mass is 32.2. The standard InChI is InChI=1S/C35H32N4O4S2/c1-22(2)24-14-12-23(13-15-24)18-30(37-33(41)25-8-5-4-6-9-25)34(42)36-26-10-7-11-28(19-26)44-21-32(40)39-35-38-29-17-16-27(43-3)20-31(29)45-35/h4-20,22H,21H2,1-3H3,(H,36,42)(H,37,41)(H,38,39,40)/b30-18+. The largest absolute Gasteiger partial charge is 0.497 e. The molecule has 0 aliphatic carbocycles. The number of thioether (sulfide) groups is 1. The number of carbonyl (C=O) groups is 3. The molecule has 0 atom stereocenters. The third kappa shape index (κ3) is 8.59. The Balaban J connectivity index is 1.25. The number of hydrogen-bond donors (Lipinski definition) is 3. The molecule has 0 spiro atoms. The van der Waals surface area contributed by atoms with Crippen LogP contribution in [0, 0.1) is 0 Å². The Morgan fingerprint density at radius 2 is 1.69 bits per heavy atom. The third-order valence-electron chi connectivity index (χ3n) is 6.75. The number of anilines is 2. The number of rotatable bonds is 11. The summed E-state index contributed by atoms with van der Waals surface area (Å²) in [6, 6.07) is 29.4. The number of hydrogen-bond acceptors (Lipinski definition) is 7. The van der Waals surface area contributed by atoms with Crippen molar-refractivity contribution in [3.05, 3.63) is 119 Å². The van der Waals surface area contributed by atoms with Crippen LogP contribution in [-0.4, -0.2) is 35.6 Å². The van der Waals surface area contributed by atoms with E-state index in [4.69, 9.17) is 4.74 Å². The molecule has 10 heteroatoms. The van der Waals surface area contributed by atoms with E-state index >= 15 is 0 Å². The number of nitrogens with zero attached hydrogens (tertiary/aromatic N) is 1. The Hall–Kier alpha value is -4.93. The first kappa shape index (κ1) is 31.5. The summed E-state index contributed by atoms with van der Waals surface area (Å²) < 4.78 is 6.18. The molecule has 5 rings (SSSR count). The SMILES string of the molecule is COc1ccc2nc(NC(=O)CSc3cccc(NC(=O)/C(=C\c4ccc(C(C)C)cc4)NC(=O)c4ccccc4)c3)sc2c1. The molecule has 45 heavy (non-hydrogen) atoms. The third-order valence-corrected chi connectivity index (χ3v) is 8.67. The lowest BCUT2D eigenvalue weighted by Gasteiger charge is -2.12. The molecule has 0 saturated heterocycles. The van der Waals surface area contributed by atoms with Crippen molar-refractivity contribution in [1.82, 2.24) is 10.3 Å². The fourth-order valence-electron chi connectivity index (χ4n) is 4.34. The van der Waals surface area contributed by atoms with Crippen molar-refractivity contribution >= 4 is 67.9 Å². The minimum absolute atomic E-state index is 0.104. The zero-order valence-electron chi connectivity index (χ0n) is 25.0. The van der Waals surface area contributed by atoms with Crippen LogP contribution in [0.1, 0.15) is 41.3 Å². The van der Waals surface area contributed by atoms with Gasteiger partial charge < -0.3 is 20.7 Å². The second-order valence-electron chi connectivity index (χ2n) is 10.4. The van der Waals surface area contributed by atoms with Crippen LogP contribution in [0.25, 0.3) is 16.3 Å². The number of thiazole rings is 1. The van der Waals surface area contributed by atoms with Crippen LogP contribution in [0.5, 0.6) is 5.75 Å². The van der Waals surface area contributed by atoms with Gasteiger partial charge in [0.15, 0.2) is 5.13 Å². The summed E-state index contributed by atoms with van der Waals surface area (Å²) in [6.07, 6.45) is 1.65. The van der Waals surface area contributed by atoms with Gasteiger partial charge in [-0.1, -0.05) is 73.7 Å². The molecular formula is C35H32N4O4S2. The van der Waals surface area contributed by atoms with Crippen molar-refractivity contribution in [2.75, 3.05) is 23.5 Å². The van der Waals surface area contributed by atoms with Gasteiger partial charge in [0, 0.05) is 16.1 Å². The number of fused-ring (bicyclic) bond motifs is 1. The Morgan fingerprint density at radius 3 is 2.42 bits per heavy atom. The number of ether oxygens (including phenoxy) is 1. The van der Waals surface area contributed by atoms with Gasteiger partial charge in [0.2, 0.25) is 5.91 Å². The molecule has 3 amide bonds. The lowest BCUT2D eigenvalue weighted by atomic mass is 10.0. The van der Waals surface area contributed by atoms with Gasteiger partial charge in [-0.05, 0) is 71.7 Å². The minimum Gasteiger partial charge on any atom is -0.497 e. The first-order chi connectivity index (χ1) is 21.8. The number of methoxy groups -OCH3 is 1. The van der Waals surface area contributed by atoms with Crippen molar-refractivity contribution in [3.63, 3.8) is 0 Å².